The summed E-state index contributed by atoms with van der Waals surface area (Å²) in [6, 6.07) is 3.50. The lowest BCUT2D eigenvalue weighted by Gasteiger charge is -2.36. The summed E-state index contributed by atoms with van der Waals surface area (Å²) in [6.45, 7) is 4.18. The Hall–Kier alpha value is -1.49. The number of hydrogen-bond donors (Lipinski definition) is 2. The van der Waals surface area contributed by atoms with E-state index in [0.717, 1.165) is 22.2 Å². The van der Waals surface area contributed by atoms with E-state index in [1.54, 1.807) is 18.2 Å². The van der Waals surface area contributed by atoms with Crippen molar-refractivity contribution in [2.24, 2.45) is 0 Å². The number of H-pyrrole nitrogens is 1. The average Bonchev–Trinajstić information content (AvgIpc) is 2.91. The molecule has 0 aliphatic carbocycles. The van der Waals surface area contributed by atoms with Crippen LogP contribution in [0.15, 0.2) is 24.8 Å². The van der Waals surface area contributed by atoms with Crippen LogP contribution in [0, 0.1) is 0 Å². The highest BCUT2D eigenvalue weighted by atomic mass is 35.5. The van der Waals surface area contributed by atoms with Crippen LogP contribution in [-0.2, 0) is 21.6 Å². The van der Waals surface area contributed by atoms with Crippen molar-refractivity contribution in [3.8, 4) is 0 Å². The van der Waals surface area contributed by atoms with Crippen molar-refractivity contribution in [2.45, 2.75) is 31.3 Å². The van der Waals surface area contributed by atoms with E-state index in [9.17, 15) is 9.90 Å². The van der Waals surface area contributed by atoms with Gasteiger partial charge in [-0.1, -0.05) is 29.3 Å². The quantitative estimate of drug-likeness (QED) is 0.766. The number of aromatic amines is 1. The first-order valence-corrected chi connectivity index (χ1v) is 8.20. The molecule has 2 aromatic rings. The normalized spacial score (nSPS) is 20.4. The third-order valence-electron chi connectivity index (χ3n) is 4.33. The fraction of sp³-hybridized carbons (Fsp3) is 0.353. The molecule has 4 nitrogen and oxygen atoms in total. The molecule has 0 saturated carbocycles. The average molecular weight is 354 g/mol. The number of fused-ring (bicyclic) bond motifs is 3. The Balaban J connectivity index is 2.24. The lowest BCUT2D eigenvalue weighted by atomic mass is 9.84. The zero-order valence-corrected chi connectivity index (χ0v) is 14.0. The van der Waals surface area contributed by atoms with Crippen LogP contribution >= 0.6 is 23.2 Å². The summed E-state index contributed by atoms with van der Waals surface area (Å²) in [4.78, 5) is 14.7. The number of carboxylic acid groups (broad SMARTS) is 1. The number of ether oxygens (including phenoxy) is 1. The second-order valence-electron chi connectivity index (χ2n) is 5.75. The Bertz CT molecular complexity index is 784. The summed E-state index contributed by atoms with van der Waals surface area (Å²) in [5.74, 6) is -0.905. The Morgan fingerprint density at radius 3 is 2.87 bits per heavy atom. The number of carboxylic acids is 1. The van der Waals surface area contributed by atoms with Gasteiger partial charge >= 0.3 is 5.97 Å². The van der Waals surface area contributed by atoms with Crippen molar-refractivity contribution in [3.05, 3.63) is 46.1 Å². The summed E-state index contributed by atoms with van der Waals surface area (Å²) in [5, 5.41) is 11.4. The van der Waals surface area contributed by atoms with E-state index in [1.807, 2.05) is 0 Å². The molecule has 0 fully saturated rings. The van der Waals surface area contributed by atoms with E-state index < -0.39 is 11.6 Å². The summed E-state index contributed by atoms with van der Waals surface area (Å²) < 4.78 is 5.97. The molecular weight excluding hydrogens is 337 g/mol. The zero-order valence-electron chi connectivity index (χ0n) is 12.5. The van der Waals surface area contributed by atoms with Gasteiger partial charge in [0.05, 0.1) is 34.3 Å². The van der Waals surface area contributed by atoms with Gasteiger partial charge in [0, 0.05) is 5.39 Å². The SMILES string of the molecule is C=CCCC1(CC(=O)O)OCCc2c1[nH]c1c(Cl)ccc(Cl)c21. The van der Waals surface area contributed by atoms with Crippen LogP contribution in [0.4, 0.5) is 0 Å². The second kappa shape index (κ2) is 6.19. The summed E-state index contributed by atoms with van der Waals surface area (Å²) in [6.07, 6.45) is 3.52. The van der Waals surface area contributed by atoms with Crippen LogP contribution in [0.1, 0.15) is 30.5 Å². The highest BCUT2D eigenvalue weighted by molar-refractivity contribution is 6.40. The molecule has 0 amide bonds. The molecule has 1 atom stereocenters. The van der Waals surface area contributed by atoms with Gasteiger partial charge in [-0.05, 0) is 37.0 Å². The molecule has 122 valence electrons. The second-order valence-corrected chi connectivity index (χ2v) is 6.56. The lowest BCUT2D eigenvalue weighted by molar-refractivity contribution is -0.149. The highest BCUT2D eigenvalue weighted by Gasteiger charge is 2.42. The number of aromatic nitrogens is 1. The first kappa shape index (κ1) is 16.4. The molecule has 2 N–H and O–H groups in total. The minimum Gasteiger partial charge on any atom is -0.481 e. The maximum atomic E-state index is 11.4. The first-order chi connectivity index (χ1) is 11.0. The predicted octanol–water partition coefficient (Wildman–Crippen LogP) is 4.68. The van der Waals surface area contributed by atoms with Crippen LogP contribution in [0.2, 0.25) is 10.0 Å². The number of carbonyl (C=O) groups is 1. The number of rotatable bonds is 5. The Morgan fingerprint density at radius 1 is 1.43 bits per heavy atom. The predicted molar refractivity (Wildman–Crippen MR) is 91.3 cm³/mol. The van der Waals surface area contributed by atoms with E-state index in [-0.39, 0.29) is 6.42 Å². The lowest BCUT2D eigenvalue weighted by Crippen LogP contribution is -2.37. The Labute approximate surface area is 144 Å². The molecule has 0 radical (unpaired) electrons. The molecule has 23 heavy (non-hydrogen) atoms. The number of allylic oxidation sites excluding steroid dienone is 1. The monoisotopic (exact) mass is 353 g/mol. The number of hydrogen-bond acceptors (Lipinski definition) is 2. The van der Waals surface area contributed by atoms with Crippen LogP contribution in [0.25, 0.3) is 10.9 Å². The van der Waals surface area contributed by atoms with Gasteiger partial charge in [0.1, 0.15) is 5.60 Å². The van der Waals surface area contributed by atoms with Crippen molar-refractivity contribution in [2.75, 3.05) is 6.61 Å². The summed E-state index contributed by atoms with van der Waals surface area (Å²) in [5.41, 5.74) is 1.62. The fourth-order valence-electron chi connectivity index (χ4n) is 3.36. The van der Waals surface area contributed by atoms with Crippen molar-refractivity contribution in [3.63, 3.8) is 0 Å². The molecule has 1 aliphatic rings. The zero-order chi connectivity index (χ0) is 16.6. The van der Waals surface area contributed by atoms with Crippen LogP contribution in [0.3, 0.4) is 0 Å². The van der Waals surface area contributed by atoms with Gasteiger partial charge in [0.25, 0.3) is 0 Å². The number of benzene rings is 1. The minimum atomic E-state index is -0.905. The van der Waals surface area contributed by atoms with E-state index >= 15 is 0 Å². The van der Waals surface area contributed by atoms with Gasteiger partial charge in [0.2, 0.25) is 0 Å². The van der Waals surface area contributed by atoms with Crippen LogP contribution in [-0.4, -0.2) is 22.7 Å². The van der Waals surface area contributed by atoms with Gasteiger partial charge < -0.3 is 14.8 Å². The highest BCUT2D eigenvalue weighted by Crippen LogP contribution is 2.45. The van der Waals surface area contributed by atoms with E-state index in [0.29, 0.717) is 35.9 Å². The van der Waals surface area contributed by atoms with Crippen LogP contribution in [0.5, 0.6) is 0 Å². The molecule has 6 heteroatoms. The van der Waals surface area contributed by atoms with Gasteiger partial charge in [-0.2, -0.15) is 0 Å². The summed E-state index contributed by atoms with van der Waals surface area (Å²) >= 11 is 12.6. The van der Waals surface area contributed by atoms with E-state index in [2.05, 4.69) is 11.6 Å². The maximum absolute atomic E-state index is 11.4. The third-order valence-corrected chi connectivity index (χ3v) is 4.96. The standard InChI is InChI=1S/C17H17Cl2NO3/c1-2-3-7-17(9-13(21)22)16-10(6-8-23-17)14-11(18)4-5-12(19)15(14)20-16/h2,4-5,20H,1,3,6-9H2,(H,21,22). The molecule has 1 aliphatic heterocycles. The Morgan fingerprint density at radius 2 is 2.17 bits per heavy atom. The maximum Gasteiger partial charge on any atom is 0.306 e. The van der Waals surface area contributed by atoms with E-state index in [1.165, 1.54) is 0 Å². The summed E-state index contributed by atoms with van der Waals surface area (Å²) in [7, 11) is 0. The van der Waals surface area contributed by atoms with Crippen LogP contribution < -0.4 is 0 Å². The van der Waals surface area contributed by atoms with Crippen molar-refractivity contribution in [1.29, 1.82) is 0 Å². The number of aliphatic carboxylic acids is 1. The molecule has 2 heterocycles. The van der Waals surface area contributed by atoms with Gasteiger partial charge in [0.15, 0.2) is 0 Å². The molecule has 0 spiro atoms. The molecule has 1 aromatic carbocycles. The van der Waals surface area contributed by atoms with E-state index in [4.69, 9.17) is 27.9 Å². The van der Waals surface area contributed by atoms with Crippen molar-refractivity contribution in [1.82, 2.24) is 4.98 Å². The van der Waals surface area contributed by atoms with Gasteiger partial charge in [-0.3, -0.25) is 4.79 Å². The smallest absolute Gasteiger partial charge is 0.306 e. The van der Waals surface area contributed by atoms with Gasteiger partial charge in [-0.15, -0.1) is 6.58 Å². The first-order valence-electron chi connectivity index (χ1n) is 7.44. The fourth-order valence-corrected chi connectivity index (χ4v) is 3.83. The minimum absolute atomic E-state index is 0.115. The molecule has 3 rings (SSSR count). The molecular formula is C17H17Cl2NO3. The van der Waals surface area contributed by atoms with Gasteiger partial charge in [-0.25, -0.2) is 0 Å². The largest absolute Gasteiger partial charge is 0.481 e. The number of halogens is 2. The molecule has 1 aromatic heterocycles. The topological polar surface area (TPSA) is 62.3 Å². The Kier molecular flexibility index (Phi) is 4.41. The molecule has 0 bridgehead atoms. The molecule has 0 saturated heterocycles. The number of nitrogens with one attached hydrogen (secondary N) is 1. The third kappa shape index (κ3) is 2.75. The molecule has 1 unspecified atom stereocenters. The van der Waals surface area contributed by atoms with Crippen molar-refractivity contribution < 1.29 is 14.6 Å². The van der Waals surface area contributed by atoms with Crippen molar-refractivity contribution >= 4 is 40.1 Å².